The van der Waals surface area contributed by atoms with E-state index in [-0.39, 0.29) is 11.9 Å². The van der Waals surface area contributed by atoms with E-state index in [1.54, 1.807) is 6.92 Å². The van der Waals surface area contributed by atoms with Crippen molar-refractivity contribution < 1.29 is 9.32 Å². The number of nitrogens with one attached hydrogen (secondary N) is 1. The molecule has 1 N–H and O–H groups in total. The molecule has 1 aliphatic rings. The zero-order valence-electron chi connectivity index (χ0n) is 14.5. The molecule has 1 saturated heterocycles. The third-order valence-corrected chi connectivity index (χ3v) is 4.45. The lowest BCUT2D eigenvalue weighted by Crippen LogP contribution is -2.48. The van der Waals surface area contributed by atoms with Crippen LogP contribution >= 0.6 is 0 Å². The summed E-state index contributed by atoms with van der Waals surface area (Å²) in [6, 6.07) is 6.14. The Bertz CT molecular complexity index is 726. The van der Waals surface area contributed by atoms with Gasteiger partial charge in [0.15, 0.2) is 0 Å². The number of nitrogens with zero attached hydrogens (tertiary/aromatic N) is 3. The van der Waals surface area contributed by atoms with E-state index in [0.717, 1.165) is 43.1 Å². The van der Waals surface area contributed by atoms with Gasteiger partial charge in [0, 0.05) is 24.8 Å². The maximum Gasteiger partial charge on any atom is 0.257 e. The Kier molecular flexibility index (Phi) is 4.83. The normalized spacial score (nSPS) is 17.8. The summed E-state index contributed by atoms with van der Waals surface area (Å²) < 4.78 is 5.17. The molecule has 0 aliphatic carbocycles. The van der Waals surface area contributed by atoms with Crippen LogP contribution in [0.2, 0.25) is 0 Å². The summed E-state index contributed by atoms with van der Waals surface area (Å²) in [5.41, 5.74) is 2.31. The van der Waals surface area contributed by atoms with E-state index in [0.29, 0.717) is 17.7 Å². The Labute approximate surface area is 142 Å². The van der Waals surface area contributed by atoms with Gasteiger partial charge in [-0.2, -0.15) is 0 Å². The molecular formula is C18H24N4O2. The number of aromatic nitrogens is 2. The Balaban J connectivity index is 1.69. The third-order valence-electron chi connectivity index (χ3n) is 4.45. The van der Waals surface area contributed by atoms with Gasteiger partial charge in [-0.15, -0.1) is 0 Å². The number of aryl methyl sites for hydroxylation is 3. The first-order valence-electron chi connectivity index (χ1n) is 8.53. The number of pyridine rings is 1. The van der Waals surface area contributed by atoms with E-state index in [1.807, 2.05) is 32.0 Å². The third kappa shape index (κ3) is 3.42. The van der Waals surface area contributed by atoms with Crippen LogP contribution in [0.5, 0.6) is 0 Å². The summed E-state index contributed by atoms with van der Waals surface area (Å²) in [4.78, 5) is 19.5. The smallest absolute Gasteiger partial charge is 0.257 e. The monoisotopic (exact) mass is 328 g/mol. The summed E-state index contributed by atoms with van der Waals surface area (Å²) in [5, 5.41) is 7.11. The van der Waals surface area contributed by atoms with Crippen molar-refractivity contribution in [3.63, 3.8) is 0 Å². The largest absolute Gasteiger partial charge is 0.361 e. The highest BCUT2D eigenvalue weighted by Gasteiger charge is 2.25. The lowest BCUT2D eigenvalue weighted by Gasteiger charge is -2.34. The fourth-order valence-corrected chi connectivity index (χ4v) is 3.22. The average Bonchev–Trinajstić information content (AvgIpc) is 2.96. The fourth-order valence-electron chi connectivity index (χ4n) is 3.22. The standard InChI is InChI=1S/C18H24N4O2/c1-4-15-17(13(3)24-21-15)18(23)20-14-8-6-10-22(11-14)16-9-5-7-12(2)19-16/h5,7,9,14H,4,6,8,10-11H2,1-3H3,(H,20,23)/t14-/m1/s1. The quantitative estimate of drug-likeness (QED) is 0.934. The number of piperidine rings is 1. The minimum Gasteiger partial charge on any atom is -0.361 e. The van der Waals surface area contributed by atoms with Crippen molar-refractivity contribution in [3.05, 3.63) is 40.9 Å². The molecule has 0 saturated carbocycles. The van der Waals surface area contributed by atoms with Crippen LogP contribution in [-0.4, -0.2) is 35.2 Å². The Hall–Kier alpha value is -2.37. The molecule has 128 valence electrons. The van der Waals surface area contributed by atoms with E-state index >= 15 is 0 Å². The van der Waals surface area contributed by atoms with E-state index in [2.05, 4.69) is 20.4 Å². The van der Waals surface area contributed by atoms with Gasteiger partial charge < -0.3 is 14.7 Å². The molecule has 0 aromatic carbocycles. The molecular weight excluding hydrogens is 304 g/mol. The zero-order valence-corrected chi connectivity index (χ0v) is 14.5. The fraction of sp³-hybridized carbons (Fsp3) is 0.500. The van der Waals surface area contributed by atoms with Crippen LogP contribution < -0.4 is 10.2 Å². The molecule has 0 spiro atoms. The van der Waals surface area contributed by atoms with E-state index < -0.39 is 0 Å². The van der Waals surface area contributed by atoms with Crippen molar-refractivity contribution >= 4 is 11.7 Å². The first kappa shape index (κ1) is 16.5. The number of amides is 1. The van der Waals surface area contributed by atoms with Crippen molar-refractivity contribution in [1.29, 1.82) is 0 Å². The van der Waals surface area contributed by atoms with Crippen molar-refractivity contribution in [2.75, 3.05) is 18.0 Å². The summed E-state index contributed by atoms with van der Waals surface area (Å²) in [6.07, 6.45) is 2.69. The molecule has 0 bridgehead atoms. The SMILES string of the molecule is CCc1noc(C)c1C(=O)N[C@@H]1CCCN(c2cccc(C)n2)C1. The first-order valence-corrected chi connectivity index (χ1v) is 8.53. The summed E-state index contributed by atoms with van der Waals surface area (Å²) in [5.74, 6) is 1.47. The molecule has 3 heterocycles. The molecule has 0 unspecified atom stereocenters. The summed E-state index contributed by atoms with van der Waals surface area (Å²) in [6.45, 7) is 7.49. The molecule has 1 amide bonds. The van der Waals surface area contributed by atoms with E-state index in [4.69, 9.17) is 4.52 Å². The maximum absolute atomic E-state index is 12.6. The van der Waals surface area contributed by atoms with Crippen LogP contribution in [0.1, 0.15) is 47.3 Å². The summed E-state index contributed by atoms with van der Waals surface area (Å²) >= 11 is 0. The molecule has 1 atom stereocenters. The Morgan fingerprint density at radius 3 is 3.00 bits per heavy atom. The van der Waals surface area contributed by atoms with Gasteiger partial charge in [-0.25, -0.2) is 4.98 Å². The lowest BCUT2D eigenvalue weighted by atomic mass is 10.0. The maximum atomic E-state index is 12.6. The van der Waals surface area contributed by atoms with Crippen LogP contribution in [0.25, 0.3) is 0 Å². The second kappa shape index (κ2) is 7.03. The van der Waals surface area contributed by atoms with Gasteiger partial charge in [0.25, 0.3) is 5.91 Å². The minimum atomic E-state index is -0.0883. The van der Waals surface area contributed by atoms with Gasteiger partial charge in [0.1, 0.15) is 17.1 Å². The molecule has 6 heteroatoms. The van der Waals surface area contributed by atoms with E-state index in [9.17, 15) is 4.79 Å². The van der Waals surface area contributed by atoms with Gasteiger partial charge in [-0.1, -0.05) is 18.1 Å². The Morgan fingerprint density at radius 2 is 2.25 bits per heavy atom. The molecule has 24 heavy (non-hydrogen) atoms. The number of hydrogen-bond donors (Lipinski definition) is 1. The predicted octanol–water partition coefficient (Wildman–Crippen LogP) is 2.65. The van der Waals surface area contributed by atoms with Crippen molar-refractivity contribution in [1.82, 2.24) is 15.5 Å². The second-order valence-electron chi connectivity index (χ2n) is 6.31. The molecule has 6 nitrogen and oxygen atoms in total. The van der Waals surface area contributed by atoms with Gasteiger partial charge in [-0.05, 0) is 45.2 Å². The molecule has 1 fully saturated rings. The first-order chi connectivity index (χ1) is 11.6. The predicted molar refractivity (Wildman–Crippen MR) is 92.3 cm³/mol. The molecule has 1 aliphatic heterocycles. The highest BCUT2D eigenvalue weighted by molar-refractivity contribution is 5.96. The zero-order chi connectivity index (χ0) is 17.1. The highest BCUT2D eigenvalue weighted by atomic mass is 16.5. The van der Waals surface area contributed by atoms with Gasteiger partial charge in [0.2, 0.25) is 0 Å². The van der Waals surface area contributed by atoms with Crippen LogP contribution in [0.4, 0.5) is 5.82 Å². The van der Waals surface area contributed by atoms with Crippen molar-refractivity contribution in [3.8, 4) is 0 Å². The number of carbonyl (C=O) groups is 1. The minimum absolute atomic E-state index is 0.0883. The number of hydrogen-bond acceptors (Lipinski definition) is 5. The van der Waals surface area contributed by atoms with Crippen LogP contribution in [-0.2, 0) is 6.42 Å². The lowest BCUT2D eigenvalue weighted by molar-refractivity contribution is 0.0931. The Morgan fingerprint density at radius 1 is 1.42 bits per heavy atom. The van der Waals surface area contributed by atoms with E-state index in [1.165, 1.54) is 0 Å². The van der Waals surface area contributed by atoms with Crippen molar-refractivity contribution in [2.45, 2.75) is 46.1 Å². The van der Waals surface area contributed by atoms with Gasteiger partial charge in [0.05, 0.1) is 5.69 Å². The van der Waals surface area contributed by atoms with Gasteiger partial charge >= 0.3 is 0 Å². The number of carbonyl (C=O) groups excluding carboxylic acids is 1. The van der Waals surface area contributed by atoms with Gasteiger partial charge in [-0.3, -0.25) is 4.79 Å². The molecule has 2 aromatic heterocycles. The van der Waals surface area contributed by atoms with Crippen LogP contribution in [0, 0.1) is 13.8 Å². The average molecular weight is 328 g/mol. The summed E-state index contributed by atoms with van der Waals surface area (Å²) in [7, 11) is 0. The molecule has 0 radical (unpaired) electrons. The second-order valence-corrected chi connectivity index (χ2v) is 6.31. The highest BCUT2D eigenvalue weighted by Crippen LogP contribution is 2.19. The van der Waals surface area contributed by atoms with Crippen LogP contribution in [0.15, 0.2) is 22.7 Å². The number of rotatable bonds is 4. The van der Waals surface area contributed by atoms with Crippen LogP contribution in [0.3, 0.4) is 0 Å². The number of anilines is 1. The topological polar surface area (TPSA) is 71.3 Å². The van der Waals surface area contributed by atoms with Crippen molar-refractivity contribution in [2.24, 2.45) is 0 Å². The molecule has 3 rings (SSSR count). The molecule has 2 aromatic rings.